The van der Waals surface area contributed by atoms with Crippen molar-refractivity contribution in [3.05, 3.63) is 158 Å². The Morgan fingerprint density at radius 3 is 2.00 bits per heavy atom. The second-order valence-corrected chi connectivity index (χ2v) is 11.0. The summed E-state index contributed by atoms with van der Waals surface area (Å²) < 4.78 is 8.70. The van der Waals surface area contributed by atoms with Gasteiger partial charge < -0.3 is 13.9 Å². The number of benzene rings is 7. The highest BCUT2D eigenvalue weighted by molar-refractivity contribution is 6.16. The van der Waals surface area contributed by atoms with Crippen molar-refractivity contribution < 1.29 is 4.42 Å². The minimum atomic E-state index is 0.883. The maximum absolute atomic E-state index is 6.32. The lowest BCUT2D eigenvalue weighted by molar-refractivity contribution is 0.669. The molecule has 0 atom stereocenters. The lowest BCUT2D eigenvalue weighted by Crippen LogP contribution is -2.10. The summed E-state index contributed by atoms with van der Waals surface area (Å²) in [5, 5.41) is 7.13. The van der Waals surface area contributed by atoms with Gasteiger partial charge in [0.2, 0.25) is 0 Å². The maximum Gasteiger partial charge on any atom is 0.137 e. The van der Waals surface area contributed by atoms with Crippen molar-refractivity contribution in [2.24, 2.45) is 0 Å². The first-order chi connectivity index (χ1) is 21.3. The number of rotatable bonds is 4. The molecular formula is C40H26N2O. The van der Waals surface area contributed by atoms with E-state index >= 15 is 0 Å². The molecule has 0 aliphatic heterocycles. The zero-order valence-corrected chi connectivity index (χ0v) is 23.3. The summed E-state index contributed by atoms with van der Waals surface area (Å²) in [6, 6.07) is 56.0. The smallest absolute Gasteiger partial charge is 0.137 e. The van der Waals surface area contributed by atoms with Crippen LogP contribution in [0.3, 0.4) is 0 Å². The number of aromatic nitrogens is 1. The van der Waals surface area contributed by atoms with Crippen LogP contribution in [0.1, 0.15) is 0 Å². The molecule has 7 aromatic carbocycles. The van der Waals surface area contributed by atoms with Crippen LogP contribution in [0.4, 0.5) is 17.1 Å². The highest BCUT2D eigenvalue weighted by atomic mass is 16.3. The Bertz CT molecular complexity index is 2450. The summed E-state index contributed by atoms with van der Waals surface area (Å²) in [5.41, 5.74) is 8.63. The Kier molecular flexibility index (Phi) is 5.20. The van der Waals surface area contributed by atoms with E-state index in [0.717, 1.165) is 44.7 Å². The van der Waals surface area contributed by atoms with Gasteiger partial charge in [-0.3, -0.25) is 0 Å². The Morgan fingerprint density at radius 1 is 0.419 bits per heavy atom. The SMILES string of the molecule is c1ccc(N(c2ccc3c(c2)oc2ccccc23)c2cccc3cc4c(cc23)c2ccccc2n4-c2ccccc2)cc1. The van der Waals surface area contributed by atoms with E-state index in [1.165, 1.54) is 32.6 Å². The number of hydrogen-bond acceptors (Lipinski definition) is 2. The predicted molar refractivity (Wildman–Crippen MR) is 180 cm³/mol. The molecule has 0 unspecified atom stereocenters. The van der Waals surface area contributed by atoms with Crippen LogP contribution in [0.25, 0.3) is 60.2 Å². The van der Waals surface area contributed by atoms with Crippen molar-refractivity contribution in [2.75, 3.05) is 4.90 Å². The van der Waals surface area contributed by atoms with Crippen LogP contribution in [0, 0.1) is 0 Å². The molecule has 0 aliphatic rings. The second kappa shape index (κ2) is 9.37. The fraction of sp³-hybridized carbons (Fsp3) is 0. The molecule has 9 aromatic rings. The molecule has 0 amide bonds. The molecule has 202 valence electrons. The summed E-state index contributed by atoms with van der Waals surface area (Å²) in [7, 11) is 0. The number of hydrogen-bond donors (Lipinski definition) is 0. The highest BCUT2D eigenvalue weighted by Gasteiger charge is 2.19. The van der Waals surface area contributed by atoms with Gasteiger partial charge in [0, 0.05) is 50.1 Å². The zero-order chi connectivity index (χ0) is 28.3. The van der Waals surface area contributed by atoms with Crippen LogP contribution in [0.5, 0.6) is 0 Å². The molecule has 0 saturated heterocycles. The average Bonchev–Trinajstić information content (AvgIpc) is 3.60. The van der Waals surface area contributed by atoms with Gasteiger partial charge in [0.1, 0.15) is 11.2 Å². The standard InChI is InChI=1S/C40H26N2O/c1-3-13-28(14-4-1)41(30-22-23-33-32-18-8-10-21-39(32)43-40(33)25-30)37-20-11-12-27-24-38-35(26-34(27)37)31-17-7-9-19-36(31)42(38)29-15-5-2-6-16-29/h1-26H. The van der Waals surface area contributed by atoms with Gasteiger partial charge in [0.15, 0.2) is 0 Å². The molecule has 0 spiro atoms. The van der Waals surface area contributed by atoms with Gasteiger partial charge in [-0.1, -0.05) is 84.9 Å². The van der Waals surface area contributed by atoms with E-state index in [-0.39, 0.29) is 0 Å². The van der Waals surface area contributed by atoms with Crippen LogP contribution in [-0.4, -0.2) is 4.57 Å². The first kappa shape index (κ1) is 23.9. The largest absolute Gasteiger partial charge is 0.456 e. The van der Waals surface area contributed by atoms with Crippen molar-refractivity contribution >= 4 is 71.6 Å². The lowest BCUT2D eigenvalue weighted by Gasteiger charge is -2.27. The molecule has 0 aliphatic carbocycles. The predicted octanol–water partition coefficient (Wildman–Crippen LogP) is 11.3. The number of furan rings is 1. The molecule has 2 aromatic heterocycles. The Labute approximate surface area is 248 Å². The van der Waals surface area contributed by atoms with Gasteiger partial charge in [-0.15, -0.1) is 0 Å². The van der Waals surface area contributed by atoms with E-state index < -0.39 is 0 Å². The number of anilines is 3. The fourth-order valence-electron chi connectivity index (χ4n) is 6.63. The number of para-hydroxylation sites is 4. The molecule has 0 N–H and O–H groups in total. The average molecular weight is 551 g/mol. The van der Waals surface area contributed by atoms with Crippen LogP contribution < -0.4 is 4.90 Å². The highest BCUT2D eigenvalue weighted by Crippen LogP contribution is 2.43. The van der Waals surface area contributed by atoms with Crippen LogP contribution in [-0.2, 0) is 0 Å². The zero-order valence-electron chi connectivity index (χ0n) is 23.3. The van der Waals surface area contributed by atoms with E-state index in [9.17, 15) is 0 Å². The minimum Gasteiger partial charge on any atom is -0.456 e. The van der Waals surface area contributed by atoms with Gasteiger partial charge in [0.25, 0.3) is 0 Å². The molecule has 0 radical (unpaired) electrons. The summed E-state index contributed by atoms with van der Waals surface area (Å²) in [5.74, 6) is 0. The molecular weight excluding hydrogens is 524 g/mol. The fourth-order valence-corrected chi connectivity index (χ4v) is 6.63. The van der Waals surface area contributed by atoms with E-state index in [0.29, 0.717) is 0 Å². The quantitative estimate of drug-likeness (QED) is 0.217. The number of nitrogens with zero attached hydrogens (tertiary/aromatic N) is 2. The third kappa shape index (κ3) is 3.68. The summed E-state index contributed by atoms with van der Waals surface area (Å²) >= 11 is 0. The van der Waals surface area contributed by atoms with E-state index in [1.807, 2.05) is 12.1 Å². The Balaban J connectivity index is 1.33. The van der Waals surface area contributed by atoms with E-state index in [1.54, 1.807) is 0 Å². The van der Waals surface area contributed by atoms with Gasteiger partial charge >= 0.3 is 0 Å². The van der Waals surface area contributed by atoms with Gasteiger partial charge in [-0.2, -0.15) is 0 Å². The second-order valence-electron chi connectivity index (χ2n) is 11.0. The van der Waals surface area contributed by atoms with E-state index in [4.69, 9.17) is 4.42 Å². The van der Waals surface area contributed by atoms with Crippen molar-refractivity contribution in [3.8, 4) is 5.69 Å². The van der Waals surface area contributed by atoms with Crippen LogP contribution in [0.15, 0.2) is 162 Å². The normalized spacial score (nSPS) is 11.7. The first-order valence-corrected chi connectivity index (χ1v) is 14.6. The lowest BCUT2D eigenvalue weighted by atomic mass is 10.0. The van der Waals surface area contributed by atoms with Crippen molar-refractivity contribution in [2.45, 2.75) is 0 Å². The van der Waals surface area contributed by atoms with Crippen molar-refractivity contribution in [1.29, 1.82) is 0 Å². The molecule has 9 rings (SSSR count). The van der Waals surface area contributed by atoms with Crippen molar-refractivity contribution in [1.82, 2.24) is 4.57 Å². The Hall–Kier alpha value is -5.80. The maximum atomic E-state index is 6.32. The Morgan fingerprint density at radius 2 is 1.14 bits per heavy atom. The summed E-state index contributed by atoms with van der Waals surface area (Å²) in [6.07, 6.45) is 0. The summed E-state index contributed by atoms with van der Waals surface area (Å²) in [4.78, 5) is 2.34. The van der Waals surface area contributed by atoms with Gasteiger partial charge in [-0.05, 0) is 72.1 Å². The molecule has 2 heterocycles. The first-order valence-electron chi connectivity index (χ1n) is 14.6. The van der Waals surface area contributed by atoms with E-state index in [2.05, 4.69) is 155 Å². The number of fused-ring (bicyclic) bond motifs is 7. The van der Waals surface area contributed by atoms with Gasteiger partial charge in [0.05, 0.1) is 16.7 Å². The molecule has 0 bridgehead atoms. The monoisotopic (exact) mass is 550 g/mol. The molecule has 0 fully saturated rings. The molecule has 0 saturated carbocycles. The van der Waals surface area contributed by atoms with Crippen molar-refractivity contribution in [3.63, 3.8) is 0 Å². The topological polar surface area (TPSA) is 21.3 Å². The van der Waals surface area contributed by atoms with Crippen LogP contribution >= 0.6 is 0 Å². The minimum absolute atomic E-state index is 0.883. The third-order valence-electron chi connectivity index (χ3n) is 8.54. The summed E-state index contributed by atoms with van der Waals surface area (Å²) in [6.45, 7) is 0. The molecule has 3 nitrogen and oxygen atoms in total. The third-order valence-corrected chi connectivity index (χ3v) is 8.54. The molecule has 43 heavy (non-hydrogen) atoms. The van der Waals surface area contributed by atoms with Gasteiger partial charge in [-0.25, -0.2) is 0 Å². The van der Waals surface area contributed by atoms with Crippen LogP contribution in [0.2, 0.25) is 0 Å². The molecule has 3 heteroatoms.